The molecule has 0 radical (unpaired) electrons. The summed E-state index contributed by atoms with van der Waals surface area (Å²) in [6, 6.07) is 5.01. The predicted molar refractivity (Wildman–Crippen MR) is 75.2 cm³/mol. The molecule has 6 heteroatoms. The summed E-state index contributed by atoms with van der Waals surface area (Å²) < 4.78 is 28.2. The van der Waals surface area contributed by atoms with Crippen molar-refractivity contribution in [1.82, 2.24) is 9.78 Å². The molecule has 1 fully saturated rings. The molecule has 2 aromatic rings. The molecule has 0 amide bonds. The van der Waals surface area contributed by atoms with Crippen LogP contribution in [-0.4, -0.2) is 16.3 Å². The van der Waals surface area contributed by atoms with Crippen LogP contribution in [0.15, 0.2) is 35.3 Å². The van der Waals surface area contributed by atoms with Gasteiger partial charge >= 0.3 is 0 Å². The zero-order valence-electron chi connectivity index (χ0n) is 11.4. The van der Waals surface area contributed by atoms with Crippen LogP contribution >= 0.6 is 0 Å². The van der Waals surface area contributed by atoms with Gasteiger partial charge in [-0.2, -0.15) is 5.10 Å². The van der Waals surface area contributed by atoms with Crippen LogP contribution in [0.2, 0.25) is 0 Å². The lowest BCUT2D eigenvalue weighted by molar-refractivity contribution is 0.524. The van der Waals surface area contributed by atoms with Gasteiger partial charge in [-0.05, 0) is 30.9 Å². The van der Waals surface area contributed by atoms with Crippen molar-refractivity contribution in [2.24, 2.45) is 5.92 Å². The quantitative estimate of drug-likeness (QED) is 0.920. The van der Waals surface area contributed by atoms with Crippen LogP contribution in [0.25, 0.3) is 0 Å². The van der Waals surface area contributed by atoms with E-state index in [0.717, 1.165) is 23.4 Å². The highest BCUT2D eigenvalue weighted by Gasteiger charge is 2.20. The van der Waals surface area contributed by atoms with Gasteiger partial charge in [0.2, 0.25) is 0 Å². The number of anilines is 1. The Morgan fingerprint density at radius 1 is 1.29 bits per heavy atom. The highest BCUT2D eigenvalue weighted by molar-refractivity contribution is 5.39. The number of aromatic nitrogens is 2. The van der Waals surface area contributed by atoms with Crippen LogP contribution in [0.4, 0.5) is 14.5 Å². The fraction of sp³-hybridized carbons (Fsp3) is 0.333. The molecule has 0 unspecified atom stereocenters. The Morgan fingerprint density at radius 2 is 2.00 bits per heavy atom. The average Bonchev–Trinajstić information content (AvgIpc) is 3.27. The first-order chi connectivity index (χ1) is 10.1. The van der Waals surface area contributed by atoms with Gasteiger partial charge in [0, 0.05) is 18.2 Å². The minimum atomic E-state index is -0.681. The van der Waals surface area contributed by atoms with Gasteiger partial charge in [-0.15, -0.1) is 0 Å². The summed E-state index contributed by atoms with van der Waals surface area (Å²) >= 11 is 0. The Labute approximate surface area is 120 Å². The molecule has 3 rings (SSSR count). The topological polar surface area (TPSA) is 46.9 Å². The maximum absolute atomic E-state index is 13.6. The van der Waals surface area contributed by atoms with E-state index in [-0.39, 0.29) is 12.1 Å². The number of rotatable bonds is 5. The van der Waals surface area contributed by atoms with E-state index in [9.17, 15) is 13.6 Å². The fourth-order valence-corrected chi connectivity index (χ4v) is 2.07. The highest BCUT2D eigenvalue weighted by Crippen LogP contribution is 2.28. The van der Waals surface area contributed by atoms with Gasteiger partial charge in [0.05, 0.1) is 18.4 Å². The van der Waals surface area contributed by atoms with Gasteiger partial charge in [0.1, 0.15) is 11.6 Å². The second-order valence-electron chi connectivity index (χ2n) is 5.26. The molecule has 1 aromatic carbocycles. The molecule has 1 N–H and O–H groups in total. The van der Waals surface area contributed by atoms with E-state index in [1.165, 1.54) is 31.2 Å². The van der Waals surface area contributed by atoms with Crippen molar-refractivity contribution >= 4 is 5.69 Å². The minimum Gasteiger partial charge on any atom is -0.383 e. The van der Waals surface area contributed by atoms with Crippen molar-refractivity contribution in [2.45, 2.75) is 19.4 Å². The SMILES string of the molecule is O=c1cc(NCC2CC2)cnn1Cc1c(F)cccc1F. The number of benzene rings is 1. The Morgan fingerprint density at radius 3 is 2.62 bits per heavy atom. The molecular formula is C15H15F2N3O. The van der Waals surface area contributed by atoms with Crippen molar-refractivity contribution in [2.75, 3.05) is 11.9 Å². The maximum Gasteiger partial charge on any atom is 0.269 e. The number of hydrogen-bond acceptors (Lipinski definition) is 3. The van der Waals surface area contributed by atoms with E-state index < -0.39 is 17.2 Å². The first-order valence-corrected chi connectivity index (χ1v) is 6.87. The van der Waals surface area contributed by atoms with Gasteiger partial charge < -0.3 is 5.32 Å². The zero-order chi connectivity index (χ0) is 14.8. The van der Waals surface area contributed by atoms with Crippen molar-refractivity contribution in [3.8, 4) is 0 Å². The van der Waals surface area contributed by atoms with Crippen LogP contribution < -0.4 is 10.9 Å². The third kappa shape index (κ3) is 3.26. The van der Waals surface area contributed by atoms with Crippen LogP contribution in [-0.2, 0) is 6.54 Å². The number of nitrogens with zero attached hydrogens (tertiary/aromatic N) is 2. The summed E-state index contributed by atoms with van der Waals surface area (Å²) in [5.74, 6) is -0.681. The van der Waals surface area contributed by atoms with Crippen LogP contribution in [0.3, 0.4) is 0 Å². The van der Waals surface area contributed by atoms with E-state index in [1.54, 1.807) is 0 Å². The molecule has 0 atom stereocenters. The fourth-order valence-electron chi connectivity index (χ4n) is 2.07. The summed E-state index contributed by atoms with van der Waals surface area (Å²) in [5, 5.41) is 7.10. The normalized spacial score (nSPS) is 14.2. The summed E-state index contributed by atoms with van der Waals surface area (Å²) in [6.07, 6.45) is 3.93. The predicted octanol–water partition coefficient (Wildman–Crippen LogP) is 2.39. The summed E-state index contributed by atoms with van der Waals surface area (Å²) in [7, 11) is 0. The van der Waals surface area contributed by atoms with Gasteiger partial charge in [-0.3, -0.25) is 4.79 Å². The van der Waals surface area contributed by atoms with Crippen molar-refractivity contribution in [1.29, 1.82) is 0 Å². The minimum absolute atomic E-state index is 0.161. The van der Waals surface area contributed by atoms with Crippen molar-refractivity contribution < 1.29 is 8.78 Å². The van der Waals surface area contributed by atoms with E-state index in [2.05, 4.69) is 10.4 Å². The third-order valence-electron chi connectivity index (χ3n) is 3.53. The van der Waals surface area contributed by atoms with Gasteiger partial charge in [-0.1, -0.05) is 6.07 Å². The largest absolute Gasteiger partial charge is 0.383 e. The summed E-state index contributed by atoms with van der Waals surface area (Å²) in [4.78, 5) is 11.9. The molecule has 21 heavy (non-hydrogen) atoms. The second-order valence-corrected chi connectivity index (χ2v) is 5.26. The van der Waals surface area contributed by atoms with E-state index >= 15 is 0 Å². The lowest BCUT2D eigenvalue weighted by Gasteiger charge is -2.09. The van der Waals surface area contributed by atoms with Gasteiger partial charge in [-0.25, -0.2) is 13.5 Å². The molecule has 0 aliphatic heterocycles. The van der Waals surface area contributed by atoms with E-state index in [1.807, 2.05) is 0 Å². The molecule has 4 nitrogen and oxygen atoms in total. The molecule has 1 saturated carbocycles. The molecule has 1 aliphatic rings. The number of halogens is 2. The Kier molecular flexibility index (Phi) is 3.68. The number of nitrogens with one attached hydrogen (secondary N) is 1. The lowest BCUT2D eigenvalue weighted by Crippen LogP contribution is -2.24. The van der Waals surface area contributed by atoms with Crippen LogP contribution in [0.1, 0.15) is 18.4 Å². The van der Waals surface area contributed by atoms with Gasteiger partial charge in [0.15, 0.2) is 0 Å². The van der Waals surface area contributed by atoms with Crippen molar-refractivity contribution in [3.63, 3.8) is 0 Å². The average molecular weight is 291 g/mol. The van der Waals surface area contributed by atoms with Gasteiger partial charge in [0.25, 0.3) is 5.56 Å². The highest BCUT2D eigenvalue weighted by atomic mass is 19.1. The van der Waals surface area contributed by atoms with Crippen LogP contribution in [0, 0.1) is 17.6 Å². The monoisotopic (exact) mass is 291 g/mol. The molecular weight excluding hydrogens is 276 g/mol. The Hall–Kier alpha value is -2.24. The molecule has 110 valence electrons. The molecule has 0 saturated heterocycles. The standard InChI is InChI=1S/C15H15F2N3O/c16-13-2-1-3-14(17)12(13)9-20-15(21)6-11(8-19-20)18-7-10-4-5-10/h1-3,6,8,10,18H,4-5,7,9H2. The van der Waals surface area contributed by atoms with Crippen LogP contribution in [0.5, 0.6) is 0 Å². The zero-order valence-corrected chi connectivity index (χ0v) is 11.4. The summed E-state index contributed by atoms with van der Waals surface area (Å²) in [6.45, 7) is 0.604. The van der Waals surface area contributed by atoms with Crippen molar-refractivity contribution in [3.05, 3.63) is 58.0 Å². The molecule has 0 spiro atoms. The van der Waals surface area contributed by atoms with E-state index in [0.29, 0.717) is 11.6 Å². The Balaban J connectivity index is 1.77. The smallest absolute Gasteiger partial charge is 0.269 e. The first kappa shape index (κ1) is 13.7. The maximum atomic E-state index is 13.6. The molecule has 1 heterocycles. The third-order valence-corrected chi connectivity index (χ3v) is 3.53. The number of hydrogen-bond donors (Lipinski definition) is 1. The second kappa shape index (κ2) is 5.63. The molecule has 1 aromatic heterocycles. The molecule has 0 bridgehead atoms. The summed E-state index contributed by atoms with van der Waals surface area (Å²) in [5.41, 5.74) is 0.0846. The lowest BCUT2D eigenvalue weighted by atomic mass is 10.2. The van der Waals surface area contributed by atoms with E-state index in [4.69, 9.17) is 0 Å². The first-order valence-electron chi connectivity index (χ1n) is 6.87. The Bertz CT molecular complexity index is 690. The molecule has 1 aliphatic carbocycles.